The Morgan fingerprint density at radius 1 is 1.35 bits per heavy atom. The van der Waals surface area contributed by atoms with Gasteiger partial charge in [0.15, 0.2) is 0 Å². The number of benzene rings is 1. The van der Waals surface area contributed by atoms with E-state index >= 15 is 0 Å². The largest absolute Gasteiger partial charge is 0.416 e. The van der Waals surface area contributed by atoms with E-state index in [9.17, 15) is 18.0 Å². The molecule has 3 nitrogen and oxygen atoms in total. The van der Waals surface area contributed by atoms with E-state index in [0.717, 1.165) is 12.1 Å². The van der Waals surface area contributed by atoms with Crippen LogP contribution in [0.2, 0.25) is 0 Å². The molecule has 0 saturated heterocycles. The minimum absolute atomic E-state index is 0.00378. The van der Waals surface area contributed by atoms with Crippen molar-refractivity contribution in [3.05, 3.63) is 35.4 Å². The third-order valence-electron chi connectivity index (χ3n) is 2.93. The maximum Gasteiger partial charge on any atom is 0.416 e. The Hall–Kier alpha value is -2.03. The van der Waals surface area contributed by atoms with Crippen molar-refractivity contribution in [2.24, 2.45) is 5.92 Å². The van der Waals surface area contributed by atoms with Gasteiger partial charge < -0.3 is 4.90 Å². The van der Waals surface area contributed by atoms with Crippen LogP contribution in [0, 0.1) is 17.2 Å². The second kappa shape index (κ2) is 6.42. The SMILES string of the molecule is C[C@H](Cc1ccc(C(F)(F)F)cc1)C(=O)N(C)CC#N. The standard InChI is InChI=1S/C14H15F3N2O/c1-10(13(20)19(2)8-7-18)9-11-3-5-12(6-4-11)14(15,16)17/h3-6,10H,8-9H2,1-2H3/t10-/m1/s1. The molecule has 0 aliphatic heterocycles. The molecule has 0 aliphatic carbocycles. The number of halogens is 3. The van der Waals surface area contributed by atoms with E-state index in [1.54, 1.807) is 6.92 Å². The van der Waals surface area contributed by atoms with Crippen molar-refractivity contribution in [3.8, 4) is 6.07 Å². The molecule has 6 heteroatoms. The van der Waals surface area contributed by atoms with Gasteiger partial charge in [0.25, 0.3) is 0 Å². The number of hydrogen-bond acceptors (Lipinski definition) is 2. The number of hydrogen-bond donors (Lipinski definition) is 0. The summed E-state index contributed by atoms with van der Waals surface area (Å²) in [6.45, 7) is 1.68. The van der Waals surface area contributed by atoms with Crippen LogP contribution < -0.4 is 0 Å². The first-order chi connectivity index (χ1) is 9.25. The Bertz CT molecular complexity index is 503. The first-order valence-electron chi connectivity index (χ1n) is 6.03. The highest BCUT2D eigenvalue weighted by Gasteiger charge is 2.30. The average molecular weight is 284 g/mol. The Morgan fingerprint density at radius 3 is 2.35 bits per heavy atom. The van der Waals surface area contributed by atoms with Crippen LogP contribution in [-0.4, -0.2) is 24.4 Å². The minimum atomic E-state index is -4.35. The maximum absolute atomic E-state index is 12.4. The van der Waals surface area contributed by atoms with Gasteiger partial charge in [-0.2, -0.15) is 18.4 Å². The molecule has 0 bridgehead atoms. The molecule has 0 radical (unpaired) electrons. The Balaban J connectivity index is 2.70. The zero-order valence-corrected chi connectivity index (χ0v) is 11.2. The molecule has 0 saturated carbocycles. The summed E-state index contributed by atoms with van der Waals surface area (Å²) in [5, 5.41) is 8.51. The predicted molar refractivity (Wildman–Crippen MR) is 67.6 cm³/mol. The van der Waals surface area contributed by atoms with Crippen molar-refractivity contribution < 1.29 is 18.0 Å². The van der Waals surface area contributed by atoms with Crippen LogP contribution in [0.3, 0.4) is 0 Å². The molecular formula is C14H15F3N2O. The summed E-state index contributed by atoms with van der Waals surface area (Å²) in [6.07, 6.45) is -4.01. The van der Waals surface area contributed by atoms with E-state index < -0.39 is 11.7 Å². The zero-order chi connectivity index (χ0) is 15.3. The lowest BCUT2D eigenvalue weighted by Crippen LogP contribution is -2.32. The number of alkyl halides is 3. The van der Waals surface area contributed by atoms with Crippen LogP contribution in [-0.2, 0) is 17.4 Å². The van der Waals surface area contributed by atoms with E-state index in [4.69, 9.17) is 5.26 Å². The van der Waals surface area contributed by atoms with E-state index in [0.29, 0.717) is 12.0 Å². The van der Waals surface area contributed by atoms with Gasteiger partial charge in [-0.05, 0) is 24.1 Å². The molecule has 0 N–H and O–H groups in total. The van der Waals surface area contributed by atoms with Crippen molar-refractivity contribution in [3.63, 3.8) is 0 Å². The lowest BCUT2D eigenvalue weighted by molar-refractivity contribution is -0.137. The highest BCUT2D eigenvalue weighted by Crippen LogP contribution is 2.29. The summed E-state index contributed by atoms with van der Waals surface area (Å²) in [6, 6.07) is 6.63. The molecular weight excluding hydrogens is 269 g/mol. The van der Waals surface area contributed by atoms with E-state index in [2.05, 4.69) is 0 Å². The first-order valence-corrected chi connectivity index (χ1v) is 6.03. The van der Waals surface area contributed by atoms with Crippen molar-refractivity contribution in [1.29, 1.82) is 5.26 Å². The van der Waals surface area contributed by atoms with Crippen molar-refractivity contribution in [2.75, 3.05) is 13.6 Å². The Labute approximate surface area is 115 Å². The molecule has 108 valence electrons. The number of nitriles is 1. The van der Waals surface area contributed by atoms with Crippen molar-refractivity contribution >= 4 is 5.91 Å². The first kappa shape index (κ1) is 16.0. The third kappa shape index (κ3) is 4.26. The van der Waals surface area contributed by atoms with Crippen LogP contribution >= 0.6 is 0 Å². The summed E-state index contributed by atoms with van der Waals surface area (Å²) in [7, 11) is 1.52. The predicted octanol–water partition coefficient (Wildman–Crippen LogP) is 2.87. The summed E-state index contributed by atoms with van der Waals surface area (Å²) in [5.74, 6) is -0.587. The quantitative estimate of drug-likeness (QED) is 0.798. The Morgan fingerprint density at radius 2 is 1.90 bits per heavy atom. The van der Waals surface area contributed by atoms with Gasteiger partial charge in [0.2, 0.25) is 5.91 Å². The van der Waals surface area contributed by atoms with Crippen LogP contribution in [0.25, 0.3) is 0 Å². The third-order valence-corrected chi connectivity index (χ3v) is 2.93. The fraction of sp³-hybridized carbons (Fsp3) is 0.429. The summed E-state index contributed by atoms with van der Waals surface area (Å²) in [4.78, 5) is 13.2. The summed E-state index contributed by atoms with van der Waals surface area (Å²) in [5.41, 5.74) is -0.0500. The van der Waals surface area contributed by atoms with Gasteiger partial charge in [-0.3, -0.25) is 4.79 Å². The number of carbonyl (C=O) groups excluding carboxylic acids is 1. The van der Waals surface area contributed by atoms with Gasteiger partial charge in [-0.25, -0.2) is 0 Å². The van der Waals surface area contributed by atoms with Gasteiger partial charge in [0, 0.05) is 13.0 Å². The van der Waals surface area contributed by atoms with E-state index in [1.807, 2.05) is 6.07 Å². The van der Waals surface area contributed by atoms with Gasteiger partial charge in [-0.1, -0.05) is 19.1 Å². The molecule has 0 spiro atoms. The highest BCUT2D eigenvalue weighted by atomic mass is 19.4. The molecule has 1 rings (SSSR count). The molecule has 1 amide bonds. The maximum atomic E-state index is 12.4. The van der Waals surface area contributed by atoms with E-state index in [-0.39, 0.29) is 18.4 Å². The molecule has 20 heavy (non-hydrogen) atoms. The number of carbonyl (C=O) groups is 1. The number of rotatable bonds is 4. The van der Waals surface area contributed by atoms with Gasteiger partial charge in [0.1, 0.15) is 6.54 Å². The van der Waals surface area contributed by atoms with Gasteiger partial charge in [0.05, 0.1) is 11.6 Å². The molecule has 1 aromatic carbocycles. The normalized spacial score (nSPS) is 12.6. The van der Waals surface area contributed by atoms with Crippen LogP contribution in [0.15, 0.2) is 24.3 Å². The number of nitrogens with zero attached hydrogens (tertiary/aromatic N) is 2. The van der Waals surface area contributed by atoms with Crippen molar-refractivity contribution in [2.45, 2.75) is 19.5 Å². The smallest absolute Gasteiger partial charge is 0.332 e. The topological polar surface area (TPSA) is 44.1 Å². The summed E-state index contributed by atoms with van der Waals surface area (Å²) < 4.78 is 37.2. The highest BCUT2D eigenvalue weighted by molar-refractivity contribution is 5.78. The number of amides is 1. The van der Waals surface area contributed by atoms with Crippen LogP contribution in [0.1, 0.15) is 18.1 Å². The fourth-order valence-corrected chi connectivity index (χ4v) is 1.83. The lowest BCUT2D eigenvalue weighted by Gasteiger charge is -2.18. The molecule has 1 aromatic rings. The monoisotopic (exact) mass is 284 g/mol. The Kier molecular flexibility index (Phi) is 5.14. The second-order valence-corrected chi connectivity index (χ2v) is 4.65. The minimum Gasteiger partial charge on any atom is -0.332 e. The van der Waals surface area contributed by atoms with Crippen molar-refractivity contribution in [1.82, 2.24) is 4.90 Å². The molecule has 0 heterocycles. The lowest BCUT2D eigenvalue weighted by atomic mass is 9.99. The van der Waals surface area contributed by atoms with Gasteiger partial charge >= 0.3 is 6.18 Å². The van der Waals surface area contributed by atoms with E-state index in [1.165, 1.54) is 24.1 Å². The molecule has 1 atom stereocenters. The van der Waals surface area contributed by atoms with Crippen LogP contribution in [0.4, 0.5) is 13.2 Å². The molecule has 0 unspecified atom stereocenters. The molecule has 0 aliphatic rings. The fourth-order valence-electron chi connectivity index (χ4n) is 1.83. The zero-order valence-electron chi connectivity index (χ0n) is 11.2. The summed E-state index contributed by atoms with van der Waals surface area (Å²) >= 11 is 0. The second-order valence-electron chi connectivity index (χ2n) is 4.65. The average Bonchev–Trinajstić information content (AvgIpc) is 2.37. The molecule has 0 fully saturated rings. The van der Waals surface area contributed by atoms with Gasteiger partial charge in [-0.15, -0.1) is 0 Å². The van der Waals surface area contributed by atoms with Crippen LogP contribution in [0.5, 0.6) is 0 Å². The molecule has 0 aromatic heterocycles.